The lowest BCUT2D eigenvalue weighted by Crippen LogP contribution is -2.50. The number of nitrogens with zero attached hydrogens (tertiary/aromatic N) is 4. The molecule has 27 heavy (non-hydrogen) atoms. The van der Waals surface area contributed by atoms with Crippen molar-refractivity contribution in [3.05, 3.63) is 59.8 Å². The maximum Gasteiger partial charge on any atom is 0.321 e. The van der Waals surface area contributed by atoms with Crippen LogP contribution in [0.4, 0.5) is 16.3 Å². The lowest BCUT2D eigenvalue weighted by molar-refractivity contribution is 0.208. The Labute approximate surface area is 161 Å². The van der Waals surface area contributed by atoms with Crippen molar-refractivity contribution in [3.8, 4) is 11.5 Å². The highest BCUT2D eigenvalue weighted by molar-refractivity contribution is 6.30. The maximum absolute atomic E-state index is 12.4. The fourth-order valence-corrected chi connectivity index (χ4v) is 3.15. The van der Waals surface area contributed by atoms with Gasteiger partial charge in [0.2, 0.25) is 0 Å². The van der Waals surface area contributed by atoms with Crippen molar-refractivity contribution in [2.24, 2.45) is 0 Å². The number of amides is 2. The first kappa shape index (κ1) is 17.4. The Balaban J connectivity index is 1.34. The van der Waals surface area contributed by atoms with Crippen molar-refractivity contribution in [3.63, 3.8) is 0 Å². The van der Waals surface area contributed by atoms with Crippen molar-refractivity contribution in [1.29, 1.82) is 0 Å². The van der Waals surface area contributed by atoms with Gasteiger partial charge in [0.1, 0.15) is 5.69 Å². The van der Waals surface area contributed by atoms with E-state index in [1.54, 1.807) is 29.4 Å². The first-order chi connectivity index (χ1) is 13.2. The van der Waals surface area contributed by atoms with E-state index in [0.29, 0.717) is 48.3 Å². The molecule has 8 heteroatoms. The third kappa shape index (κ3) is 4.03. The van der Waals surface area contributed by atoms with E-state index in [9.17, 15) is 4.79 Å². The van der Waals surface area contributed by atoms with Gasteiger partial charge in [-0.25, -0.2) is 4.79 Å². The van der Waals surface area contributed by atoms with Crippen LogP contribution < -0.4 is 10.2 Å². The molecule has 3 aromatic rings. The van der Waals surface area contributed by atoms with Crippen LogP contribution in [0.3, 0.4) is 0 Å². The molecule has 0 spiro atoms. The first-order valence-corrected chi connectivity index (χ1v) is 9.01. The highest BCUT2D eigenvalue weighted by Gasteiger charge is 2.22. The molecule has 1 N–H and O–H groups in total. The number of anilines is 2. The number of piperazine rings is 1. The summed E-state index contributed by atoms with van der Waals surface area (Å²) in [6, 6.07) is 14.5. The van der Waals surface area contributed by atoms with Crippen LogP contribution in [0.1, 0.15) is 0 Å². The average molecular weight is 384 g/mol. The molecular formula is C19H18ClN5O2. The summed E-state index contributed by atoms with van der Waals surface area (Å²) in [6.07, 6.45) is 1.61. The van der Waals surface area contributed by atoms with E-state index in [2.05, 4.69) is 20.4 Å². The van der Waals surface area contributed by atoms with Gasteiger partial charge >= 0.3 is 6.03 Å². The predicted octanol–water partition coefficient (Wildman–Crippen LogP) is 3.74. The van der Waals surface area contributed by atoms with Gasteiger partial charge < -0.3 is 19.5 Å². The summed E-state index contributed by atoms with van der Waals surface area (Å²) in [5.74, 6) is 1.48. The minimum atomic E-state index is -0.129. The zero-order valence-electron chi connectivity index (χ0n) is 14.5. The van der Waals surface area contributed by atoms with Crippen LogP contribution in [-0.4, -0.2) is 47.3 Å². The van der Waals surface area contributed by atoms with E-state index < -0.39 is 0 Å². The molecule has 0 unspecified atom stereocenters. The molecule has 1 saturated heterocycles. The fraction of sp³-hybridized carbons (Fsp3) is 0.211. The van der Waals surface area contributed by atoms with Crippen LogP contribution >= 0.6 is 11.6 Å². The number of carbonyl (C=O) groups is 1. The summed E-state index contributed by atoms with van der Waals surface area (Å²) in [4.78, 5) is 16.3. The lowest BCUT2D eigenvalue weighted by Gasteiger charge is -2.35. The molecule has 0 radical (unpaired) electrons. The monoisotopic (exact) mass is 383 g/mol. The molecule has 1 aliphatic heterocycles. The van der Waals surface area contributed by atoms with E-state index in [1.165, 1.54) is 0 Å². The van der Waals surface area contributed by atoms with Crippen molar-refractivity contribution in [2.45, 2.75) is 0 Å². The number of halogens is 1. The Morgan fingerprint density at radius 1 is 1.04 bits per heavy atom. The Bertz CT molecular complexity index is 906. The van der Waals surface area contributed by atoms with Crippen LogP contribution in [0.2, 0.25) is 5.02 Å². The fourth-order valence-electron chi connectivity index (χ4n) is 2.96. The van der Waals surface area contributed by atoms with Crippen LogP contribution in [0, 0.1) is 0 Å². The number of urea groups is 1. The van der Waals surface area contributed by atoms with E-state index in [-0.39, 0.29) is 6.03 Å². The second-order valence-corrected chi connectivity index (χ2v) is 6.61. The number of hydrogen-bond donors (Lipinski definition) is 1. The molecule has 0 saturated carbocycles. The standard InChI is InChI=1S/C19H18ClN5O2/c20-14-3-1-4-15(13-14)21-19(26)25-10-8-24(9-11-25)18-7-6-16(22-23-18)17-5-2-12-27-17/h1-7,12-13H,8-11H2,(H,21,26). The number of furan rings is 1. The van der Waals surface area contributed by atoms with Gasteiger partial charge in [0.25, 0.3) is 0 Å². The Morgan fingerprint density at radius 2 is 1.89 bits per heavy atom. The van der Waals surface area contributed by atoms with Crippen molar-refractivity contribution in [1.82, 2.24) is 15.1 Å². The molecule has 3 heterocycles. The summed E-state index contributed by atoms with van der Waals surface area (Å²) in [6.45, 7) is 2.59. The molecule has 1 fully saturated rings. The molecule has 2 aromatic heterocycles. The number of carbonyl (C=O) groups excluding carboxylic acids is 1. The quantitative estimate of drug-likeness (QED) is 0.745. The average Bonchev–Trinajstić information content (AvgIpc) is 3.23. The highest BCUT2D eigenvalue weighted by atomic mass is 35.5. The zero-order chi connectivity index (χ0) is 18.6. The molecule has 0 aliphatic carbocycles. The van der Waals surface area contributed by atoms with Gasteiger partial charge in [-0.05, 0) is 42.5 Å². The van der Waals surface area contributed by atoms with E-state index in [0.717, 1.165) is 5.82 Å². The van der Waals surface area contributed by atoms with Crippen LogP contribution in [0.15, 0.2) is 59.2 Å². The second-order valence-electron chi connectivity index (χ2n) is 6.17. The summed E-state index contributed by atoms with van der Waals surface area (Å²) < 4.78 is 5.33. The molecule has 1 aliphatic rings. The largest absolute Gasteiger partial charge is 0.463 e. The van der Waals surface area contributed by atoms with Crippen LogP contribution in [-0.2, 0) is 0 Å². The molecule has 0 atom stereocenters. The van der Waals surface area contributed by atoms with Crippen LogP contribution in [0.5, 0.6) is 0 Å². The van der Waals surface area contributed by atoms with E-state index in [1.807, 2.05) is 30.3 Å². The number of hydrogen-bond acceptors (Lipinski definition) is 5. The van der Waals surface area contributed by atoms with Gasteiger partial charge in [0.05, 0.1) is 6.26 Å². The third-order valence-electron chi connectivity index (χ3n) is 4.39. The summed E-state index contributed by atoms with van der Waals surface area (Å²) >= 11 is 5.95. The molecule has 2 amide bonds. The maximum atomic E-state index is 12.4. The van der Waals surface area contributed by atoms with Gasteiger partial charge in [-0.2, -0.15) is 0 Å². The van der Waals surface area contributed by atoms with Gasteiger partial charge in [-0.3, -0.25) is 0 Å². The number of nitrogens with one attached hydrogen (secondary N) is 1. The van der Waals surface area contributed by atoms with Gasteiger partial charge in [0, 0.05) is 36.9 Å². The van der Waals surface area contributed by atoms with E-state index in [4.69, 9.17) is 16.0 Å². The summed E-state index contributed by atoms with van der Waals surface area (Å²) in [7, 11) is 0. The predicted molar refractivity (Wildman–Crippen MR) is 104 cm³/mol. The Morgan fingerprint density at radius 3 is 2.56 bits per heavy atom. The minimum Gasteiger partial charge on any atom is -0.463 e. The summed E-state index contributed by atoms with van der Waals surface area (Å²) in [5, 5.41) is 12.0. The SMILES string of the molecule is O=C(Nc1cccc(Cl)c1)N1CCN(c2ccc(-c3ccco3)nn2)CC1. The van der Waals surface area contributed by atoms with Crippen LogP contribution in [0.25, 0.3) is 11.5 Å². The third-order valence-corrected chi connectivity index (χ3v) is 4.63. The zero-order valence-corrected chi connectivity index (χ0v) is 15.3. The van der Waals surface area contributed by atoms with Crippen molar-refractivity contribution >= 4 is 29.1 Å². The highest BCUT2D eigenvalue weighted by Crippen LogP contribution is 2.20. The number of benzene rings is 1. The van der Waals surface area contributed by atoms with Gasteiger partial charge in [-0.1, -0.05) is 17.7 Å². The second kappa shape index (κ2) is 7.67. The first-order valence-electron chi connectivity index (χ1n) is 8.63. The molecule has 7 nitrogen and oxygen atoms in total. The molecule has 4 rings (SSSR count). The van der Waals surface area contributed by atoms with E-state index >= 15 is 0 Å². The molecular weight excluding hydrogens is 366 g/mol. The molecule has 1 aromatic carbocycles. The Kier molecular flexibility index (Phi) is 4.93. The Hall–Kier alpha value is -3.06. The topological polar surface area (TPSA) is 74.5 Å². The van der Waals surface area contributed by atoms with Crippen molar-refractivity contribution < 1.29 is 9.21 Å². The lowest BCUT2D eigenvalue weighted by atomic mass is 10.3. The molecule has 138 valence electrons. The van der Waals surface area contributed by atoms with Gasteiger partial charge in [0.15, 0.2) is 11.6 Å². The van der Waals surface area contributed by atoms with Crippen molar-refractivity contribution in [2.75, 3.05) is 36.4 Å². The normalized spacial score (nSPS) is 14.3. The van der Waals surface area contributed by atoms with Gasteiger partial charge in [-0.15, -0.1) is 10.2 Å². The number of aromatic nitrogens is 2. The smallest absolute Gasteiger partial charge is 0.321 e. The number of rotatable bonds is 3. The minimum absolute atomic E-state index is 0.129. The molecule has 0 bridgehead atoms. The summed E-state index contributed by atoms with van der Waals surface area (Å²) in [5.41, 5.74) is 1.39.